The van der Waals surface area contributed by atoms with Gasteiger partial charge in [-0.1, -0.05) is 35.0 Å². The maximum Gasteiger partial charge on any atom is 0.234 e. The minimum absolute atomic E-state index is 0.0410. The number of nitrogens with zero attached hydrogens (tertiary/aromatic N) is 3. The van der Waals surface area contributed by atoms with Crippen molar-refractivity contribution in [2.75, 3.05) is 25.2 Å². The zero-order valence-electron chi connectivity index (χ0n) is 16.6. The molecule has 0 aliphatic carbocycles. The average molecular weight is 469 g/mol. The summed E-state index contributed by atoms with van der Waals surface area (Å²) < 4.78 is 15.3. The molecule has 0 aliphatic heterocycles. The topological polar surface area (TPSA) is 64.2 Å². The SMILES string of the molecule is C[C@@H](c1nnc(SCC(=O)Nc2cc(Cl)cc(Cl)c2)n1-c1ccc(F)cc1)[NH+](C)C. The van der Waals surface area contributed by atoms with Gasteiger partial charge in [0.1, 0.15) is 11.9 Å². The summed E-state index contributed by atoms with van der Waals surface area (Å²) in [4.78, 5) is 13.6. The lowest BCUT2D eigenvalue weighted by molar-refractivity contribution is -0.890. The number of nitrogens with one attached hydrogen (secondary N) is 2. The smallest absolute Gasteiger partial charge is 0.234 e. The number of carbonyl (C=O) groups is 1. The highest BCUT2D eigenvalue weighted by atomic mass is 35.5. The highest BCUT2D eigenvalue weighted by molar-refractivity contribution is 7.99. The van der Waals surface area contributed by atoms with Crippen molar-refractivity contribution in [3.63, 3.8) is 0 Å². The predicted octanol–water partition coefficient (Wildman–Crippen LogP) is 3.65. The molecule has 0 spiro atoms. The summed E-state index contributed by atoms with van der Waals surface area (Å²) in [5.41, 5.74) is 1.25. The maximum atomic E-state index is 13.4. The van der Waals surface area contributed by atoms with Gasteiger partial charge in [0, 0.05) is 21.4 Å². The van der Waals surface area contributed by atoms with Crippen molar-refractivity contribution in [1.29, 1.82) is 0 Å². The van der Waals surface area contributed by atoms with Crippen molar-refractivity contribution < 1.29 is 14.1 Å². The van der Waals surface area contributed by atoms with Gasteiger partial charge in [-0.3, -0.25) is 9.36 Å². The number of halogens is 3. The first-order chi connectivity index (χ1) is 14.2. The molecule has 1 atom stereocenters. The van der Waals surface area contributed by atoms with Crippen LogP contribution in [0.5, 0.6) is 0 Å². The van der Waals surface area contributed by atoms with Crippen LogP contribution in [-0.2, 0) is 4.79 Å². The number of rotatable bonds is 7. The summed E-state index contributed by atoms with van der Waals surface area (Å²) in [6.07, 6.45) is 0. The molecule has 0 bridgehead atoms. The Morgan fingerprint density at radius 2 is 1.80 bits per heavy atom. The van der Waals surface area contributed by atoms with E-state index in [1.165, 1.54) is 23.9 Å². The molecule has 158 valence electrons. The first kappa shape index (κ1) is 22.6. The predicted molar refractivity (Wildman–Crippen MR) is 118 cm³/mol. The molecule has 0 radical (unpaired) electrons. The largest absolute Gasteiger partial charge is 0.331 e. The summed E-state index contributed by atoms with van der Waals surface area (Å²) in [6, 6.07) is 11.0. The van der Waals surface area contributed by atoms with Gasteiger partial charge in [0.05, 0.1) is 19.8 Å². The van der Waals surface area contributed by atoms with Gasteiger partial charge >= 0.3 is 0 Å². The molecular weight excluding hydrogens is 448 g/mol. The Labute approximate surface area is 188 Å². The van der Waals surface area contributed by atoms with Gasteiger partial charge in [-0.15, -0.1) is 10.2 Å². The third kappa shape index (κ3) is 5.51. The van der Waals surface area contributed by atoms with Crippen molar-refractivity contribution in [3.05, 3.63) is 64.2 Å². The molecule has 6 nitrogen and oxygen atoms in total. The Kier molecular flexibility index (Phi) is 7.36. The van der Waals surface area contributed by atoms with E-state index in [2.05, 4.69) is 15.5 Å². The van der Waals surface area contributed by atoms with Crippen LogP contribution in [-0.4, -0.2) is 40.5 Å². The number of carbonyl (C=O) groups excluding carboxylic acids is 1. The molecule has 0 saturated heterocycles. The van der Waals surface area contributed by atoms with E-state index < -0.39 is 0 Å². The zero-order valence-corrected chi connectivity index (χ0v) is 18.9. The van der Waals surface area contributed by atoms with Crippen molar-refractivity contribution in [1.82, 2.24) is 14.8 Å². The number of thioether (sulfide) groups is 1. The zero-order chi connectivity index (χ0) is 21.8. The number of quaternary nitrogens is 1. The molecule has 1 heterocycles. The van der Waals surface area contributed by atoms with Crippen LogP contribution >= 0.6 is 35.0 Å². The molecule has 0 fully saturated rings. The molecule has 2 aromatic carbocycles. The van der Waals surface area contributed by atoms with Crippen molar-refractivity contribution in [2.24, 2.45) is 0 Å². The minimum atomic E-state index is -0.326. The molecule has 30 heavy (non-hydrogen) atoms. The van der Waals surface area contributed by atoms with Crippen LogP contribution in [0, 0.1) is 5.82 Å². The Balaban J connectivity index is 1.81. The van der Waals surface area contributed by atoms with Gasteiger partial charge in [-0.2, -0.15) is 0 Å². The van der Waals surface area contributed by atoms with E-state index in [0.29, 0.717) is 20.9 Å². The van der Waals surface area contributed by atoms with Crippen LogP contribution in [0.25, 0.3) is 5.69 Å². The number of benzene rings is 2. The molecule has 2 N–H and O–H groups in total. The van der Waals surface area contributed by atoms with Crippen LogP contribution in [0.15, 0.2) is 47.6 Å². The van der Waals surface area contributed by atoms with Gasteiger partial charge in [-0.05, 0) is 49.4 Å². The number of hydrogen-bond donors (Lipinski definition) is 2. The fourth-order valence-electron chi connectivity index (χ4n) is 2.70. The number of anilines is 1. The van der Waals surface area contributed by atoms with Crippen LogP contribution in [0.1, 0.15) is 18.8 Å². The lowest BCUT2D eigenvalue weighted by atomic mass is 10.2. The van der Waals surface area contributed by atoms with E-state index >= 15 is 0 Å². The lowest BCUT2D eigenvalue weighted by Gasteiger charge is -2.18. The van der Waals surface area contributed by atoms with Crippen molar-refractivity contribution in [2.45, 2.75) is 18.1 Å². The number of hydrogen-bond acceptors (Lipinski definition) is 4. The van der Waals surface area contributed by atoms with E-state index in [0.717, 1.165) is 16.4 Å². The summed E-state index contributed by atoms with van der Waals surface area (Å²) in [5, 5.41) is 12.8. The number of amides is 1. The molecule has 0 unspecified atom stereocenters. The van der Waals surface area contributed by atoms with Gasteiger partial charge in [0.25, 0.3) is 0 Å². The summed E-state index contributed by atoms with van der Waals surface area (Å²) in [7, 11) is 4.04. The average Bonchev–Trinajstić information content (AvgIpc) is 3.09. The van der Waals surface area contributed by atoms with Gasteiger partial charge in [-0.25, -0.2) is 4.39 Å². The van der Waals surface area contributed by atoms with E-state index in [1.54, 1.807) is 30.3 Å². The Hall–Kier alpha value is -2.13. The molecule has 10 heteroatoms. The second kappa shape index (κ2) is 9.78. The summed E-state index contributed by atoms with van der Waals surface area (Å²) in [5.74, 6) is 0.270. The normalized spacial score (nSPS) is 12.2. The van der Waals surface area contributed by atoms with Crippen LogP contribution in [0.2, 0.25) is 10.0 Å². The highest BCUT2D eigenvalue weighted by Crippen LogP contribution is 2.26. The first-order valence-corrected chi connectivity index (χ1v) is 10.9. The second-order valence-electron chi connectivity index (χ2n) is 6.95. The Morgan fingerprint density at radius 3 is 2.40 bits per heavy atom. The molecular formula is C20H21Cl2FN5OS+. The fraction of sp³-hybridized carbons (Fsp3) is 0.250. The van der Waals surface area contributed by atoms with Crippen molar-refractivity contribution >= 4 is 46.6 Å². The van der Waals surface area contributed by atoms with Gasteiger partial charge < -0.3 is 10.2 Å². The minimum Gasteiger partial charge on any atom is -0.331 e. The molecule has 3 rings (SSSR count). The van der Waals surface area contributed by atoms with Crippen LogP contribution < -0.4 is 10.2 Å². The Bertz CT molecular complexity index is 1020. The Morgan fingerprint density at radius 1 is 1.17 bits per heavy atom. The standard InChI is InChI=1S/C20H20Cl2FN5OS/c1-12(27(2)3)19-25-26-20(28(19)17-6-4-15(23)5-7-17)30-11-18(29)24-16-9-13(21)8-14(22)10-16/h4-10,12H,11H2,1-3H3,(H,24,29)/p+1/t12-/m0/s1. The molecule has 0 saturated carbocycles. The third-order valence-corrected chi connectivity index (χ3v) is 5.84. The van der Waals surface area contributed by atoms with Crippen LogP contribution in [0.4, 0.5) is 10.1 Å². The molecule has 0 aliphatic rings. The summed E-state index contributed by atoms with van der Waals surface area (Å²) >= 11 is 13.2. The number of aromatic nitrogens is 3. The fourth-order valence-corrected chi connectivity index (χ4v) is 3.98. The molecule has 3 aromatic rings. The maximum absolute atomic E-state index is 13.4. The first-order valence-electron chi connectivity index (χ1n) is 9.14. The second-order valence-corrected chi connectivity index (χ2v) is 8.76. The van der Waals surface area contributed by atoms with E-state index in [4.69, 9.17) is 23.2 Å². The van der Waals surface area contributed by atoms with E-state index in [-0.39, 0.29) is 23.5 Å². The molecule has 1 amide bonds. The third-order valence-electron chi connectivity index (χ3n) is 4.48. The lowest BCUT2D eigenvalue weighted by Crippen LogP contribution is -3.05. The monoisotopic (exact) mass is 468 g/mol. The van der Waals surface area contributed by atoms with Crippen molar-refractivity contribution in [3.8, 4) is 5.69 Å². The van der Waals surface area contributed by atoms with Gasteiger partial charge in [0.2, 0.25) is 5.91 Å². The van der Waals surface area contributed by atoms with E-state index in [9.17, 15) is 9.18 Å². The van der Waals surface area contributed by atoms with Crippen LogP contribution in [0.3, 0.4) is 0 Å². The van der Waals surface area contributed by atoms with E-state index in [1.807, 2.05) is 25.6 Å². The highest BCUT2D eigenvalue weighted by Gasteiger charge is 2.24. The van der Waals surface area contributed by atoms with Gasteiger partial charge in [0.15, 0.2) is 11.0 Å². The molecule has 1 aromatic heterocycles. The quantitative estimate of drug-likeness (QED) is 0.519. The summed E-state index contributed by atoms with van der Waals surface area (Å²) in [6.45, 7) is 2.03.